The number of aryl methyl sites for hydroxylation is 1. The van der Waals surface area contributed by atoms with Crippen molar-refractivity contribution >= 4 is 5.82 Å². The van der Waals surface area contributed by atoms with Crippen molar-refractivity contribution in [1.29, 1.82) is 0 Å². The van der Waals surface area contributed by atoms with Gasteiger partial charge in [0.1, 0.15) is 5.82 Å². The van der Waals surface area contributed by atoms with E-state index in [9.17, 15) is 0 Å². The summed E-state index contributed by atoms with van der Waals surface area (Å²) in [6.45, 7) is 3.26. The zero-order valence-corrected chi connectivity index (χ0v) is 8.70. The second kappa shape index (κ2) is 2.51. The lowest BCUT2D eigenvalue weighted by Gasteiger charge is -2.21. The normalized spacial score (nSPS) is 26.9. The lowest BCUT2D eigenvalue weighted by Crippen LogP contribution is -2.24. The van der Waals surface area contributed by atoms with Gasteiger partial charge in [0.15, 0.2) is 0 Å². The van der Waals surface area contributed by atoms with E-state index in [4.69, 9.17) is 5.73 Å². The second-order valence-corrected chi connectivity index (χ2v) is 4.45. The highest BCUT2D eigenvalue weighted by Crippen LogP contribution is 2.42. The first-order chi connectivity index (χ1) is 6.68. The van der Waals surface area contributed by atoms with Gasteiger partial charge in [-0.25, -0.2) is 0 Å². The van der Waals surface area contributed by atoms with Crippen molar-refractivity contribution in [3.8, 4) is 0 Å². The molecule has 1 saturated carbocycles. The maximum absolute atomic E-state index is 5.88. The molecule has 1 fully saturated rings. The number of hydrogen-bond acceptors (Lipinski definition) is 3. The summed E-state index contributed by atoms with van der Waals surface area (Å²) < 4.78 is 1.94. The van der Waals surface area contributed by atoms with Crippen molar-refractivity contribution in [3.05, 3.63) is 11.3 Å². The minimum absolute atomic E-state index is 0.493. The Kier molecular flexibility index (Phi) is 1.49. The predicted molar refractivity (Wildman–Crippen MR) is 54.6 cm³/mol. The standard InChI is InChI=1S/C10H16N4/c1-6-9-8(10(11)12-13(9)2)5-14(6)7-3-4-7/h6-7H,3-5H2,1-2H3,(H2,11,12). The molecule has 0 saturated heterocycles. The molecule has 1 atom stereocenters. The van der Waals surface area contributed by atoms with Gasteiger partial charge in [-0.15, -0.1) is 0 Å². The molecule has 76 valence electrons. The van der Waals surface area contributed by atoms with Gasteiger partial charge in [-0.05, 0) is 19.8 Å². The van der Waals surface area contributed by atoms with E-state index in [2.05, 4.69) is 16.9 Å². The van der Waals surface area contributed by atoms with Crippen LogP contribution in [-0.4, -0.2) is 20.7 Å². The van der Waals surface area contributed by atoms with Crippen LogP contribution in [0.5, 0.6) is 0 Å². The molecule has 0 bridgehead atoms. The van der Waals surface area contributed by atoms with E-state index in [0.29, 0.717) is 6.04 Å². The maximum Gasteiger partial charge on any atom is 0.150 e. The Labute approximate surface area is 83.7 Å². The van der Waals surface area contributed by atoms with Crippen LogP contribution in [0, 0.1) is 0 Å². The molecule has 0 aromatic carbocycles. The zero-order chi connectivity index (χ0) is 9.87. The van der Waals surface area contributed by atoms with E-state index >= 15 is 0 Å². The topological polar surface area (TPSA) is 47.1 Å². The lowest BCUT2D eigenvalue weighted by molar-refractivity contribution is 0.212. The lowest BCUT2D eigenvalue weighted by atomic mass is 10.2. The first-order valence-electron chi connectivity index (χ1n) is 5.25. The fourth-order valence-electron chi connectivity index (χ4n) is 2.61. The van der Waals surface area contributed by atoms with Gasteiger partial charge >= 0.3 is 0 Å². The van der Waals surface area contributed by atoms with Crippen LogP contribution >= 0.6 is 0 Å². The predicted octanol–water partition coefficient (Wildman–Crippen LogP) is 1.04. The fraction of sp³-hybridized carbons (Fsp3) is 0.700. The third-order valence-corrected chi connectivity index (χ3v) is 3.47. The number of rotatable bonds is 1. The van der Waals surface area contributed by atoms with Crippen LogP contribution in [0.1, 0.15) is 37.1 Å². The van der Waals surface area contributed by atoms with E-state index in [1.165, 1.54) is 24.1 Å². The Morgan fingerprint density at radius 1 is 1.43 bits per heavy atom. The summed E-state index contributed by atoms with van der Waals surface area (Å²) in [7, 11) is 1.99. The molecular weight excluding hydrogens is 176 g/mol. The number of aromatic nitrogens is 2. The van der Waals surface area contributed by atoms with Crippen LogP contribution in [0.4, 0.5) is 5.82 Å². The van der Waals surface area contributed by atoms with E-state index in [1.807, 2.05) is 11.7 Å². The van der Waals surface area contributed by atoms with Gasteiger partial charge in [-0.1, -0.05) is 0 Å². The van der Waals surface area contributed by atoms with Gasteiger partial charge < -0.3 is 5.73 Å². The molecule has 1 aromatic heterocycles. The van der Waals surface area contributed by atoms with Crippen molar-refractivity contribution in [2.45, 2.75) is 38.4 Å². The number of hydrogen-bond donors (Lipinski definition) is 1. The van der Waals surface area contributed by atoms with Gasteiger partial charge in [0.25, 0.3) is 0 Å². The highest BCUT2D eigenvalue weighted by Gasteiger charge is 2.40. The number of nitrogen functional groups attached to an aromatic ring is 1. The molecule has 1 aromatic rings. The number of nitrogens with zero attached hydrogens (tertiary/aromatic N) is 3. The van der Waals surface area contributed by atoms with E-state index in [1.54, 1.807) is 0 Å². The van der Waals surface area contributed by atoms with Gasteiger partial charge in [0.2, 0.25) is 0 Å². The summed E-state index contributed by atoms with van der Waals surface area (Å²) in [6.07, 6.45) is 2.71. The third kappa shape index (κ3) is 0.945. The molecule has 1 unspecified atom stereocenters. The maximum atomic E-state index is 5.88. The molecule has 1 aliphatic carbocycles. The Morgan fingerprint density at radius 3 is 2.71 bits per heavy atom. The minimum Gasteiger partial charge on any atom is -0.382 e. The highest BCUT2D eigenvalue weighted by molar-refractivity contribution is 5.46. The molecule has 4 nitrogen and oxygen atoms in total. The van der Waals surface area contributed by atoms with Crippen LogP contribution in [0.2, 0.25) is 0 Å². The Hall–Kier alpha value is -1.03. The number of fused-ring (bicyclic) bond motifs is 1. The van der Waals surface area contributed by atoms with Gasteiger partial charge in [-0.3, -0.25) is 9.58 Å². The SMILES string of the molecule is CC1c2c(c(N)nn2C)CN1C1CC1. The summed E-state index contributed by atoms with van der Waals surface area (Å²) in [5, 5.41) is 4.27. The van der Waals surface area contributed by atoms with Gasteiger partial charge in [0.05, 0.1) is 5.69 Å². The van der Waals surface area contributed by atoms with Crippen molar-refractivity contribution in [3.63, 3.8) is 0 Å². The second-order valence-electron chi connectivity index (χ2n) is 4.45. The summed E-state index contributed by atoms with van der Waals surface area (Å²) >= 11 is 0. The summed E-state index contributed by atoms with van der Waals surface area (Å²) in [5.41, 5.74) is 8.45. The van der Waals surface area contributed by atoms with Crippen molar-refractivity contribution < 1.29 is 0 Å². The van der Waals surface area contributed by atoms with Crippen molar-refractivity contribution in [2.24, 2.45) is 7.05 Å². The molecule has 4 heteroatoms. The molecule has 0 spiro atoms. The molecule has 2 heterocycles. The number of nitrogens with two attached hydrogens (primary N) is 1. The molecule has 3 rings (SSSR count). The quantitative estimate of drug-likeness (QED) is 0.723. The minimum atomic E-state index is 0.493. The average Bonchev–Trinajstić information content (AvgIpc) is 2.84. The van der Waals surface area contributed by atoms with Crippen LogP contribution < -0.4 is 5.73 Å². The Bertz CT molecular complexity index is 378. The van der Waals surface area contributed by atoms with E-state index < -0.39 is 0 Å². The monoisotopic (exact) mass is 192 g/mol. The first-order valence-corrected chi connectivity index (χ1v) is 5.25. The molecular formula is C10H16N4. The Balaban J connectivity index is 2.01. The Morgan fingerprint density at radius 2 is 2.14 bits per heavy atom. The van der Waals surface area contributed by atoms with Crippen molar-refractivity contribution in [1.82, 2.24) is 14.7 Å². The highest BCUT2D eigenvalue weighted by atomic mass is 15.3. The van der Waals surface area contributed by atoms with E-state index in [-0.39, 0.29) is 0 Å². The molecule has 2 aliphatic rings. The molecule has 0 amide bonds. The largest absolute Gasteiger partial charge is 0.382 e. The first kappa shape index (κ1) is 8.29. The van der Waals surface area contributed by atoms with Crippen molar-refractivity contribution in [2.75, 3.05) is 5.73 Å². The van der Waals surface area contributed by atoms with Gasteiger partial charge in [-0.2, -0.15) is 5.10 Å². The summed E-state index contributed by atoms with van der Waals surface area (Å²) in [5.74, 6) is 0.720. The molecule has 2 N–H and O–H groups in total. The summed E-state index contributed by atoms with van der Waals surface area (Å²) in [4.78, 5) is 2.54. The van der Waals surface area contributed by atoms with Crippen LogP contribution in [0.3, 0.4) is 0 Å². The number of anilines is 1. The fourth-order valence-corrected chi connectivity index (χ4v) is 2.61. The molecule has 1 aliphatic heterocycles. The molecule has 14 heavy (non-hydrogen) atoms. The van der Waals surface area contributed by atoms with Gasteiger partial charge in [0, 0.05) is 31.2 Å². The zero-order valence-electron chi connectivity index (χ0n) is 8.70. The van der Waals surface area contributed by atoms with Crippen LogP contribution in [0.15, 0.2) is 0 Å². The smallest absolute Gasteiger partial charge is 0.150 e. The third-order valence-electron chi connectivity index (χ3n) is 3.47. The van der Waals surface area contributed by atoms with E-state index in [0.717, 1.165) is 18.4 Å². The summed E-state index contributed by atoms with van der Waals surface area (Å²) in [6, 6.07) is 1.30. The van der Waals surface area contributed by atoms with Crippen LogP contribution in [-0.2, 0) is 13.6 Å². The molecule has 0 radical (unpaired) electrons. The van der Waals surface area contributed by atoms with Crippen LogP contribution in [0.25, 0.3) is 0 Å². The average molecular weight is 192 g/mol.